The maximum Gasteiger partial charge on any atom is 0.305 e. The summed E-state index contributed by atoms with van der Waals surface area (Å²) in [6.45, 7) is 1.92. The van der Waals surface area contributed by atoms with Gasteiger partial charge in [0, 0.05) is 17.7 Å². The van der Waals surface area contributed by atoms with Crippen molar-refractivity contribution in [2.45, 2.75) is 19.8 Å². The van der Waals surface area contributed by atoms with E-state index >= 15 is 0 Å². The van der Waals surface area contributed by atoms with E-state index in [1.54, 1.807) is 30.3 Å². The van der Waals surface area contributed by atoms with Crippen molar-refractivity contribution in [3.8, 4) is 0 Å². The zero-order valence-corrected chi connectivity index (χ0v) is 14.5. The van der Waals surface area contributed by atoms with Gasteiger partial charge in [-0.25, -0.2) is 0 Å². The number of hydrogen-bond donors (Lipinski definition) is 3. The van der Waals surface area contributed by atoms with E-state index in [4.69, 9.17) is 4.42 Å². The highest BCUT2D eigenvalue weighted by Crippen LogP contribution is 2.13. The molecular weight excluding hydrogens is 378 g/mol. The van der Waals surface area contributed by atoms with Crippen molar-refractivity contribution in [2.75, 3.05) is 5.32 Å². The van der Waals surface area contributed by atoms with E-state index in [-0.39, 0.29) is 11.7 Å². The van der Waals surface area contributed by atoms with Crippen molar-refractivity contribution < 1.29 is 18.8 Å². The molecule has 2 rings (SSSR count). The molecule has 0 spiro atoms. The van der Waals surface area contributed by atoms with Gasteiger partial charge in [-0.15, -0.1) is 0 Å². The number of carbonyl (C=O) groups is 3. The van der Waals surface area contributed by atoms with Crippen molar-refractivity contribution in [1.82, 2.24) is 10.9 Å². The minimum atomic E-state index is -0.572. The minimum Gasteiger partial charge on any atom is -0.444 e. The molecule has 0 saturated carbocycles. The third kappa shape index (κ3) is 4.95. The Kier molecular flexibility index (Phi) is 6.14. The molecule has 7 nitrogen and oxygen atoms in total. The highest BCUT2D eigenvalue weighted by Gasteiger charge is 2.12. The van der Waals surface area contributed by atoms with Gasteiger partial charge in [-0.2, -0.15) is 0 Å². The molecule has 0 fully saturated rings. The molecule has 8 heteroatoms. The second-order valence-electron chi connectivity index (χ2n) is 4.89. The number of hydrazine groups is 1. The summed E-state index contributed by atoms with van der Waals surface area (Å²) >= 11 is 3.09. The first-order valence-electron chi connectivity index (χ1n) is 7.25. The maximum absolute atomic E-state index is 12.0. The van der Waals surface area contributed by atoms with E-state index in [2.05, 4.69) is 32.1 Å². The van der Waals surface area contributed by atoms with Gasteiger partial charge in [0.25, 0.3) is 5.91 Å². The molecular formula is C16H16BrN3O4. The second kappa shape index (κ2) is 8.30. The SMILES string of the molecule is CCCC(=O)Nc1ccc(C(=O)NNC(=O)c2ccc(Br)o2)cc1. The number of halogens is 1. The molecule has 0 aliphatic heterocycles. The van der Waals surface area contributed by atoms with Gasteiger partial charge >= 0.3 is 5.91 Å². The van der Waals surface area contributed by atoms with Crippen LogP contribution in [0, 0.1) is 0 Å². The normalized spacial score (nSPS) is 10.1. The molecule has 1 heterocycles. The molecule has 1 aromatic carbocycles. The Morgan fingerprint density at radius 3 is 2.25 bits per heavy atom. The summed E-state index contributed by atoms with van der Waals surface area (Å²) in [7, 11) is 0. The number of hydrogen-bond acceptors (Lipinski definition) is 4. The zero-order chi connectivity index (χ0) is 17.5. The summed E-state index contributed by atoms with van der Waals surface area (Å²) in [5, 5.41) is 2.73. The van der Waals surface area contributed by atoms with E-state index in [0.29, 0.717) is 22.3 Å². The smallest absolute Gasteiger partial charge is 0.305 e. The van der Waals surface area contributed by atoms with Crippen LogP contribution in [-0.2, 0) is 4.79 Å². The number of carbonyl (C=O) groups excluding carboxylic acids is 3. The molecule has 0 bridgehead atoms. The van der Waals surface area contributed by atoms with Gasteiger partial charge < -0.3 is 9.73 Å². The lowest BCUT2D eigenvalue weighted by Gasteiger charge is -2.07. The molecule has 0 aliphatic rings. The van der Waals surface area contributed by atoms with Crippen molar-refractivity contribution >= 4 is 39.3 Å². The molecule has 126 valence electrons. The highest BCUT2D eigenvalue weighted by molar-refractivity contribution is 9.10. The van der Waals surface area contributed by atoms with E-state index < -0.39 is 11.8 Å². The van der Waals surface area contributed by atoms with Gasteiger partial charge in [-0.1, -0.05) is 6.92 Å². The maximum atomic E-state index is 12.0. The third-order valence-corrected chi connectivity index (χ3v) is 3.42. The fourth-order valence-electron chi connectivity index (χ4n) is 1.84. The topological polar surface area (TPSA) is 100 Å². The summed E-state index contributed by atoms with van der Waals surface area (Å²) < 4.78 is 5.49. The number of rotatable bonds is 5. The number of amides is 3. The van der Waals surface area contributed by atoms with Gasteiger partial charge in [0.1, 0.15) is 0 Å². The zero-order valence-electron chi connectivity index (χ0n) is 12.9. The fraction of sp³-hybridized carbons (Fsp3) is 0.188. The van der Waals surface area contributed by atoms with Gasteiger partial charge in [-0.05, 0) is 58.7 Å². The Morgan fingerprint density at radius 2 is 1.67 bits per heavy atom. The number of furan rings is 1. The number of nitrogens with one attached hydrogen (secondary N) is 3. The Labute approximate surface area is 146 Å². The lowest BCUT2D eigenvalue weighted by atomic mass is 10.2. The van der Waals surface area contributed by atoms with Crippen LogP contribution < -0.4 is 16.2 Å². The first-order valence-corrected chi connectivity index (χ1v) is 8.05. The van der Waals surface area contributed by atoms with Crippen LogP contribution in [0.25, 0.3) is 0 Å². The van der Waals surface area contributed by atoms with E-state index in [0.717, 1.165) is 6.42 Å². The summed E-state index contributed by atoms with van der Waals surface area (Å²) in [5.41, 5.74) is 5.48. The molecule has 1 aromatic heterocycles. The molecule has 0 unspecified atom stereocenters. The number of benzene rings is 1. The van der Waals surface area contributed by atoms with Crippen molar-refractivity contribution in [3.63, 3.8) is 0 Å². The van der Waals surface area contributed by atoms with Gasteiger partial charge in [0.15, 0.2) is 10.4 Å². The fourth-order valence-corrected chi connectivity index (χ4v) is 2.15. The molecule has 0 atom stereocenters. The first kappa shape index (κ1) is 17.7. The quantitative estimate of drug-likeness (QED) is 0.679. The molecule has 3 amide bonds. The second-order valence-corrected chi connectivity index (χ2v) is 5.67. The van der Waals surface area contributed by atoms with E-state index in [9.17, 15) is 14.4 Å². The Hall–Kier alpha value is -2.61. The van der Waals surface area contributed by atoms with Crippen LogP contribution in [0.3, 0.4) is 0 Å². The molecule has 3 N–H and O–H groups in total. The van der Waals surface area contributed by atoms with Crippen molar-refractivity contribution in [2.24, 2.45) is 0 Å². The standard InChI is InChI=1S/C16H16BrN3O4/c1-2-3-14(21)18-11-6-4-10(5-7-11)15(22)19-20-16(23)12-8-9-13(17)24-12/h4-9H,2-3H2,1H3,(H,18,21)(H,19,22)(H,20,23). The Balaban J connectivity index is 1.88. The minimum absolute atomic E-state index is 0.0659. The van der Waals surface area contributed by atoms with Crippen LogP contribution in [0.15, 0.2) is 45.5 Å². The largest absolute Gasteiger partial charge is 0.444 e. The molecule has 24 heavy (non-hydrogen) atoms. The number of anilines is 1. The Morgan fingerprint density at radius 1 is 1.00 bits per heavy atom. The lowest BCUT2D eigenvalue weighted by molar-refractivity contribution is -0.116. The molecule has 0 radical (unpaired) electrons. The van der Waals surface area contributed by atoms with E-state index in [1.807, 2.05) is 6.92 Å². The summed E-state index contributed by atoms with van der Waals surface area (Å²) in [5.74, 6) is -1.07. The first-order chi connectivity index (χ1) is 11.5. The summed E-state index contributed by atoms with van der Waals surface area (Å²) in [6, 6.07) is 9.38. The predicted molar refractivity (Wildman–Crippen MR) is 91.3 cm³/mol. The molecule has 0 aliphatic carbocycles. The lowest BCUT2D eigenvalue weighted by Crippen LogP contribution is -2.41. The average molecular weight is 394 g/mol. The molecule has 0 saturated heterocycles. The van der Waals surface area contributed by atoms with E-state index in [1.165, 1.54) is 6.07 Å². The van der Waals surface area contributed by atoms with Crippen LogP contribution in [0.5, 0.6) is 0 Å². The summed E-state index contributed by atoms with van der Waals surface area (Å²) in [6.07, 6.45) is 1.20. The third-order valence-electron chi connectivity index (χ3n) is 2.99. The van der Waals surface area contributed by atoms with Crippen LogP contribution in [0.1, 0.15) is 40.7 Å². The average Bonchev–Trinajstić information content (AvgIpc) is 3.00. The van der Waals surface area contributed by atoms with Crippen LogP contribution in [-0.4, -0.2) is 17.7 Å². The predicted octanol–water partition coefficient (Wildman–Crippen LogP) is 2.86. The van der Waals surface area contributed by atoms with Gasteiger partial charge in [0.05, 0.1) is 0 Å². The van der Waals surface area contributed by atoms with Gasteiger partial charge in [-0.3, -0.25) is 25.2 Å². The van der Waals surface area contributed by atoms with Crippen LogP contribution >= 0.6 is 15.9 Å². The monoisotopic (exact) mass is 393 g/mol. The van der Waals surface area contributed by atoms with Crippen molar-refractivity contribution in [1.29, 1.82) is 0 Å². The van der Waals surface area contributed by atoms with Crippen molar-refractivity contribution in [3.05, 3.63) is 52.4 Å². The van der Waals surface area contributed by atoms with Gasteiger partial charge in [0.2, 0.25) is 5.91 Å². The summed E-state index contributed by atoms with van der Waals surface area (Å²) in [4.78, 5) is 35.2. The van der Waals surface area contributed by atoms with Crippen LogP contribution in [0.4, 0.5) is 5.69 Å². The molecule has 2 aromatic rings. The van der Waals surface area contributed by atoms with Crippen LogP contribution in [0.2, 0.25) is 0 Å². The Bertz CT molecular complexity index is 740. The highest BCUT2D eigenvalue weighted by atomic mass is 79.9.